The molecule has 7 heteroatoms. The molecule has 0 amide bonds. The molecule has 0 aliphatic heterocycles. The molecule has 33 heavy (non-hydrogen) atoms. The summed E-state index contributed by atoms with van der Waals surface area (Å²) in [6.45, 7) is -0.826. The monoisotopic (exact) mass is 444 g/mol. The molecule has 0 saturated heterocycles. The highest BCUT2D eigenvalue weighted by Gasteiger charge is 2.33. The summed E-state index contributed by atoms with van der Waals surface area (Å²) in [6.07, 6.45) is -0.807. The van der Waals surface area contributed by atoms with E-state index in [1.807, 2.05) is 91.0 Å². The highest BCUT2D eigenvalue weighted by molar-refractivity contribution is 5.96. The Bertz CT molecular complexity index is 1200. The van der Waals surface area contributed by atoms with Crippen LogP contribution >= 0.6 is 0 Å². The third-order valence-electron chi connectivity index (χ3n) is 5.42. The van der Waals surface area contributed by atoms with E-state index >= 15 is 0 Å². The van der Waals surface area contributed by atoms with Gasteiger partial charge in [0.05, 0.1) is 29.4 Å². The van der Waals surface area contributed by atoms with Crippen LogP contribution in [0.3, 0.4) is 0 Å². The second kappa shape index (κ2) is 10.2. The normalized spacial score (nSPS) is 11.1. The molecule has 0 saturated carbocycles. The van der Waals surface area contributed by atoms with Gasteiger partial charge in [-0.1, -0.05) is 91.0 Å². The molecular weight excluding hydrogens is 420 g/mol. The van der Waals surface area contributed by atoms with E-state index in [9.17, 15) is 20.3 Å². The Morgan fingerprint density at radius 3 is 1.67 bits per heavy atom. The maximum Gasteiger partial charge on any atom is 0.303 e. The fourth-order valence-corrected chi connectivity index (χ4v) is 3.92. The summed E-state index contributed by atoms with van der Waals surface area (Å²) in [4.78, 5) is 12.2. The Hall–Kier alpha value is -3.78. The summed E-state index contributed by atoms with van der Waals surface area (Å²) in [6, 6.07) is 27.8. The van der Waals surface area contributed by atoms with Crippen LogP contribution in [0.4, 0.5) is 5.69 Å². The Balaban J connectivity index is 2.08. The van der Waals surface area contributed by atoms with Crippen LogP contribution < -0.4 is 0 Å². The minimum absolute atomic E-state index is 0.0283. The number of hydrogen-bond donors (Lipinski definition) is 2. The summed E-state index contributed by atoms with van der Waals surface area (Å²) in [5.41, 5.74) is 3.64. The van der Waals surface area contributed by atoms with Crippen molar-refractivity contribution in [3.05, 3.63) is 101 Å². The van der Waals surface area contributed by atoms with Crippen LogP contribution in [-0.2, 0) is 11.5 Å². The van der Waals surface area contributed by atoms with Crippen LogP contribution in [0.15, 0.2) is 91.0 Å². The number of aromatic nitrogens is 1. The van der Waals surface area contributed by atoms with Crippen LogP contribution in [-0.4, -0.2) is 39.0 Å². The minimum atomic E-state index is -0.807. The molecule has 168 valence electrons. The van der Waals surface area contributed by atoms with Crippen molar-refractivity contribution in [3.63, 3.8) is 0 Å². The number of hydrogen-bond acceptors (Lipinski definition) is 5. The summed E-state index contributed by atoms with van der Waals surface area (Å²) in [5, 5.41) is 31.5. The average Bonchev–Trinajstić information content (AvgIpc) is 3.21. The number of benzene rings is 3. The fourth-order valence-electron chi connectivity index (χ4n) is 3.92. The molecule has 4 aromatic rings. The van der Waals surface area contributed by atoms with Gasteiger partial charge in [0.15, 0.2) is 0 Å². The first kappa shape index (κ1) is 22.4. The summed E-state index contributed by atoms with van der Waals surface area (Å²) < 4.78 is 7.53. The van der Waals surface area contributed by atoms with Gasteiger partial charge < -0.3 is 19.5 Å². The number of nitrogens with zero attached hydrogens (tertiary/aromatic N) is 2. The van der Waals surface area contributed by atoms with Gasteiger partial charge in [0.2, 0.25) is 0 Å². The van der Waals surface area contributed by atoms with Gasteiger partial charge >= 0.3 is 5.69 Å². The molecule has 0 radical (unpaired) electrons. The van der Waals surface area contributed by atoms with Crippen LogP contribution in [0.25, 0.3) is 33.6 Å². The highest BCUT2D eigenvalue weighted by atomic mass is 16.6. The minimum Gasteiger partial charge on any atom is -0.394 e. The van der Waals surface area contributed by atoms with E-state index in [2.05, 4.69) is 0 Å². The Labute approximate surface area is 191 Å². The number of ether oxygens (including phenoxy) is 1. The number of aliphatic hydroxyl groups is 2. The number of aliphatic hydroxyl groups excluding tert-OH is 2. The van der Waals surface area contributed by atoms with Crippen molar-refractivity contribution in [3.8, 4) is 33.6 Å². The molecule has 0 aliphatic rings. The molecule has 4 rings (SSSR count). The maximum atomic E-state index is 12.5. The van der Waals surface area contributed by atoms with Crippen molar-refractivity contribution in [2.45, 2.75) is 12.8 Å². The third kappa shape index (κ3) is 4.56. The van der Waals surface area contributed by atoms with Crippen LogP contribution in [0.2, 0.25) is 0 Å². The van der Waals surface area contributed by atoms with Gasteiger partial charge in [-0.05, 0) is 11.1 Å². The van der Waals surface area contributed by atoms with E-state index < -0.39 is 6.10 Å². The second-order valence-corrected chi connectivity index (χ2v) is 7.49. The summed E-state index contributed by atoms with van der Waals surface area (Å²) in [5.74, 6) is 0. The average molecular weight is 444 g/mol. The van der Waals surface area contributed by atoms with Gasteiger partial charge in [0.25, 0.3) is 0 Å². The zero-order valence-electron chi connectivity index (χ0n) is 17.9. The van der Waals surface area contributed by atoms with Gasteiger partial charge in [0, 0.05) is 5.56 Å². The van der Waals surface area contributed by atoms with Crippen molar-refractivity contribution in [1.29, 1.82) is 0 Å². The molecule has 0 atom stereocenters. The molecule has 7 nitrogen and oxygen atoms in total. The predicted molar refractivity (Wildman–Crippen MR) is 126 cm³/mol. The highest BCUT2D eigenvalue weighted by Crippen LogP contribution is 2.47. The van der Waals surface area contributed by atoms with Crippen LogP contribution in [0.5, 0.6) is 0 Å². The van der Waals surface area contributed by atoms with E-state index in [0.29, 0.717) is 28.1 Å². The van der Waals surface area contributed by atoms with Crippen molar-refractivity contribution in [1.82, 2.24) is 4.57 Å². The lowest BCUT2D eigenvalue weighted by atomic mass is 9.99. The van der Waals surface area contributed by atoms with Crippen LogP contribution in [0.1, 0.15) is 0 Å². The molecule has 0 fully saturated rings. The Morgan fingerprint density at radius 1 is 0.758 bits per heavy atom. The second-order valence-electron chi connectivity index (χ2n) is 7.49. The number of rotatable bonds is 9. The first-order valence-electron chi connectivity index (χ1n) is 10.6. The third-order valence-corrected chi connectivity index (χ3v) is 5.42. The number of nitro groups is 1. The van der Waals surface area contributed by atoms with Crippen LogP contribution in [0, 0.1) is 10.1 Å². The van der Waals surface area contributed by atoms with E-state index in [0.717, 1.165) is 5.56 Å². The molecule has 3 aromatic carbocycles. The quantitative estimate of drug-likeness (QED) is 0.287. The zero-order chi connectivity index (χ0) is 23.2. The topological polar surface area (TPSA) is 97.8 Å². The largest absolute Gasteiger partial charge is 0.394 e. The van der Waals surface area contributed by atoms with E-state index in [-0.39, 0.29) is 30.6 Å². The summed E-state index contributed by atoms with van der Waals surface area (Å²) >= 11 is 0. The molecule has 0 bridgehead atoms. The lowest BCUT2D eigenvalue weighted by molar-refractivity contribution is -0.383. The standard InChI is InChI=1S/C26H24N2O5/c29-16-22(17-30)33-18-27-24(20-12-6-2-7-13-20)23(19-10-4-1-5-11-19)26(28(31)32)25(27)21-14-8-3-9-15-21/h1-15,22,29-30H,16-18H2. The Morgan fingerprint density at radius 2 is 1.21 bits per heavy atom. The smallest absolute Gasteiger partial charge is 0.303 e. The molecule has 0 aliphatic carbocycles. The van der Waals surface area contributed by atoms with E-state index in [1.54, 1.807) is 4.57 Å². The summed E-state index contributed by atoms with van der Waals surface area (Å²) in [7, 11) is 0. The van der Waals surface area contributed by atoms with Gasteiger partial charge in [-0.2, -0.15) is 0 Å². The van der Waals surface area contributed by atoms with E-state index in [4.69, 9.17) is 4.74 Å². The van der Waals surface area contributed by atoms with Crippen molar-refractivity contribution in [2.24, 2.45) is 0 Å². The van der Waals surface area contributed by atoms with Gasteiger partial charge in [-0.3, -0.25) is 10.1 Å². The molecule has 1 aromatic heterocycles. The fraction of sp³-hybridized carbons (Fsp3) is 0.154. The van der Waals surface area contributed by atoms with Gasteiger partial charge in [0.1, 0.15) is 18.5 Å². The molecule has 2 N–H and O–H groups in total. The lowest BCUT2D eigenvalue weighted by Crippen LogP contribution is -2.23. The maximum absolute atomic E-state index is 12.5. The first-order valence-corrected chi connectivity index (χ1v) is 10.6. The predicted octanol–water partition coefficient (Wildman–Crippen LogP) is 4.72. The van der Waals surface area contributed by atoms with Crippen molar-refractivity contribution >= 4 is 5.69 Å². The Kier molecular flexibility index (Phi) is 6.95. The molecular formula is C26H24N2O5. The van der Waals surface area contributed by atoms with Gasteiger partial charge in [-0.25, -0.2) is 0 Å². The molecule has 1 heterocycles. The molecule has 0 spiro atoms. The zero-order valence-corrected chi connectivity index (χ0v) is 17.9. The first-order chi connectivity index (χ1) is 16.2. The van der Waals surface area contributed by atoms with Crippen molar-refractivity contribution in [2.75, 3.05) is 13.2 Å². The SMILES string of the molecule is O=[N+]([O-])c1c(-c2ccccc2)c(-c2ccccc2)n(COC(CO)CO)c1-c1ccccc1. The molecule has 0 unspecified atom stereocenters. The lowest BCUT2D eigenvalue weighted by Gasteiger charge is -2.18. The van der Waals surface area contributed by atoms with E-state index in [1.165, 1.54) is 0 Å². The van der Waals surface area contributed by atoms with Crippen molar-refractivity contribution < 1.29 is 19.9 Å². The van der Waals surface area contributed by atoms with Gasteiger partial charge in [-0.15, -0.1) is 0 Å².